The van der Waals surface area contributed by atoms with Gasteiger partial charge in [-0.3, -0.25) is 0 Å². The molecule has 5 heteroatoms. The van der Waals surface area contributed by atoms with Gasteiger partial charge in [0, 0.05) is 30.2 Å². The lowest BCUT2D eigenvalue weighted by Crippen LogP contribution is -2.16. The van der Waals surface area contributed by atoms with Crippen LogP contribution in [0.5, 0.6) is 5.88 Å². The Morgan fingerprint density at radius 1 is 1.22 bits per heavy atom. The van der Waals surface area contributed by atoms with Crippen LogP contribution in [0.3, 0.4) is 0 Å². The summed E-state index contributed by atoms with van der Waals surface area (Å²) in [5, 5.41) is 18.9. The molecule has 0 bridgehead atoms. The van der Waals surface area contributed by atoms with Crippen LogP contribution in [0, 0.1) is 26.7 Å². The van der Waals surface area contributed by atoms with E-state index in [9.17, 15) is 5.11 Å². The molecule has 0 unspecified atom stereocenters. The SMILES string of the molecule is Cc1nc(C)c(C)c(O[C@@H]2C[C@@H](CO)[C@@H](O)C2)n1. The van der Waals surface area contributed by atoms with E-state index in [-0.39, 0.29) is 18.6 Å². The van der Waals surface area contributed by atoms with E-state index in [1.54, 1.807) is 0 Å². The molecule has 0 amide bonds. The van der Waals surface area contributed by atoms with E-state index in [1.165, 1.54) is 0 Å². The van der Waals surface area contributed by atoms with Crippen molar-refractivity contribution in [2.75, 3.05) is 6.61 Å². The molecule has 0 saturated heterocycles. The third kappa shape index (κ3) is 2.62. The summed E-state index contributed by atoms with van der Waals surface area (Å²) in [4.78, 5) is 8.57. The van der Waals surface area contributed by atoms with Crippen molar-refractivity contribution >= 4 is 0 Å². The lowest BCUT2D eigenvalue weighted by Gasteiger charge is -2.15. The quantitative estimate of drug-likeness (QED) is 0.836. The van der Waals surface area contributed by atoms with Gasteiger partial charge in [-0.1, -0.05) is 0 Å². The molecular weight excluding hydrogens is 232 g/mol. The van der Waals surface area contributed by atoms with Gasteiger partial charge in [0.15, 0.2) is 0 Å². The second kappa shape index (κ2) is 5.20. The molecule has 100 valence electrons. The second-order valence-corrected chi connectivity index (χ2v) is 5.01. The minimum absolute atomic E-state index is 0.00182. The third-order valence-electron chi connectivity index (χ3n) is 3.58. The Morgan fingerprint density at radius 2 is 1.94 bits per heavy atom. The van der Waals surface area contributed by atoms with E-state index >= 15 is 0 Å². The van der Waals surface area contributed by atoms with Gasteiger partial charge in [-0.05, 0) is 27.2 Å². The van der Waals surface area contributed by atoms with Crippen molar-refractivity contribution in [1.29, 1.82) is 0 Å². The lowest BCUT2D eigenvalue weighted by atomic mass is 10.1. The second-order valence-electron chi connectivity index (χ2n) is 5.01. The summed E-state index contributed by atoms with van der Waals surface area (Å²) >= 11 is 0. The van der Waals surface area contributed by atoms with Crippen LogP contribution in [0.4, 0.5) is 0 Å². The van der Waals surface area contributed by atoms with Gasteiger partial charge in [0.05, 0.1) is 6.10 Å². The number of aliphatic hydroxyl groups excluding tert-OH is 2. The Hall–Kier alpha value is -1.20. The van der Waals surface area contributed by atoms with E-state index in [4.69, 9.17) is 9.84 Å². The fourth-order valence-electron chi connectivity index (χ4n) is 2.35. The first-order valence-electron chi connectivity index (χ1n) is 6.28. The summed E-state index contributed by atoms with van der Waals surface area (Å²) in [5.74, 6) is 1.19. The number of ether oxygens (including phenoxy) is 1. The van der Waals surface area contributed by atoms with Crippen molar-refractivity contribution in [3.05, 3.63) is 17.1 Å². The highest BCUT2D eigenvalue weighted by Crippen LogP contribution is 2.30. The highest BCUT2D eigenvalue weighted by molar-refractivity contribution is 5.28. The summed E-state index contributed by atoms with van der Waals surface area (Å²) < 4.78 is 5.85. The van der Waals surface area contributed by atoms with E-state index in [1.807, 2.05) is 20.8 Å². The number of aliphatic hydroxyl groups is 2. The third-order valence-corrected chi connectivity index (χ3v) is 3.58. The van der Waals surface area contributed by atoms with Gasteiger partial charge in [0.25, 0.3) is 0 Å². The predicted molar refractivity (Wildman–Crippen MR) is 66.5 cm³/mol. The molecule has 0 aliphatic heterocycles. The van der Waals surface area contributed by atoms with Crippen LogP contribution in [0.1, 0.15) is 29.9 Å². The molecule has 0 aromatic carbocycles. The molecule has 5 nitrogen and oxygen atoms in total. The number of aromatic nitrogens is 2. The molecule has 1 fully saturated rings. The molecule has 0 radical (unpaired) electrons. The smallest absolute Gasteiger partial charge is 0.220 e. The zero-order valence-electron chi connectivity index (χ0n) is 11.1. The summed E-state index contributed by atoms with van der Waals surface area (Å²) in [5.41, 5.74) is 1.84. The van der Waals surface area contributed by atoms with Crippen LogP contribution in [0.25, 0.3) is 0 Å². The Kier molecular flexibility index (Phi) is 3.82. The van der Waals surface area contributed by atoms with Crippen LogP contribution < -0.4 is 4.74 Å². The number of aryl methyl sites for hydroxylation is 2. The molecule has 0 spiro atoms. The van der Waals surface area contributed by atoms with Crippen LogP contribution in [0.2, 0.25) is 0 Å². The number of hydrogen-bond donors (Lipinski definition) is 2. The predicted octanol–water partition coefficient (Wildman–Crippen LogP) is 0.912. The number of rotatable bonds is 3. The van der Waals surface area contributed by atoms with Gasteiger partial charge >= 0.3 is 0 Å². The average molecular weight is 252 g/mol. The maximum absolute atomic E-state index is 9.74. The van der Waals surface area contributed by atoms with Gasteiger partial charge in [-0.2, -0.15) is 4.98 Å². The summed E-state index contributed by atoms with van der Waals surface area (Å²) in [7, 11) is 0. The van der Waals surface area contributed by atoms with Crippen molar-refractivity contribution in [2.24, 2.45) is 5.92 Å². The Morgan fingerprint density at radius 3 is 2.56 bits per heavy atom. The van der Waals surface area contributed by atoms with Gasteiger partial charge < -0.3 is 14.9 Å². The van der Waals surface area contributed by atoms with E-state index < -0.39 is 6.10 Å². The van der Waals surface area contributed by atoms with Crippen LogP contribution in [0.15, 0.2) is 0 Å². The van der Waals surface area contributed by atoms with Gasteiger partial charge in [-0.25, -0.2) is 4.98 Å². The normalized spacial score (nSPS) is 27.5. The summed E-state index contributed by atoms with van der Waals surface area (Å²) in [6.45, 7) is 5.69. The summed E-state index contributed by atoms with van der Waals surface area (Å²) in [6.07, 6.45) is 0.653. The molecule has 2 rings (SSSR count). The first kappa shape index (κ1) is 13.2. The number of nitrogens with zero attached hydrogens (tertiary/aromatic N) is 2. The Balaban J connectivity index is 2.11. The van der Waals surface area contributed by atoms with Crippen molar-refractivity contribution < 1.29 is 14.9 Å². The maximum Gasteiger partial charge on any atom is 0.220 e. The highest BCUT2D eigenvalue weighted by atomic mass is 16.5. The monoisotopic (exact) mass is 252 g/mol. The largest absolute Gasteiger partial charge is 0.474 e. The minimum atomic E-state index is -0.482. The van der Waals surface area contributed by atoms with Gasteiger partial charge in [0.1, 0.15) is 11.9 Å². The number of hydrogen-bond acceptors (Lipinski definition) is 5. The Bertz CT molecular complexity index is 436. The molecule has 18 heavy (non-hydrogen) atoms. The molecule has 1 aromatic heterocycles. The van der Waals surface area contributed by atoms with Crippen molar-refractivity contribution in [3.8, 4) is 5.88 Å². The van der Waals surface area contributed by atoms with E-state index in [2.05, 4.69) is 9.97 Å². The molecule has 1 saturated carbocycles. The standard InChI is InChI=1S/C13H20N2O3/c1-7-8(2)14-9(3)15-13(7)18-11-4-10(6-16)12(17)5-11/h10-12,16-17H,4-6H2,1-3H3/t10-,11+,12-/m0/s1. The molecule has 3 atom stereocenters. The molecule has 1 heterocycles. The van der Waals surface area contributed by atoms with Gasteiger partial charge in [0.2, 0.25) is 5.88 Å². The average Bonchev–Trinajstić information content (AvgIpc) is 2.65. The maximum atomic E-state index is 9.74. The topological polar surface area (TPSA) is 75.5 Å². The fraction of sp³-hybridized carbons (Fsp3) is 0.692. The minimum Gasteiger partial charge on any atom is -0.474 e. The van der Waals surface area contributed by atoms with Crippen LogP contribution in [-0.4, -0.2) is 39.0 Å². The van der Waals surface area contributed by atoms with Crippen molar-refractivity contribution in [3.63, 3.8) is 0 Å². The zero-order chi connectivity index (χ0) is 13.3. The van der Waals surface area contributed by atoms with Crippen molar-refractivity contribution in [2.45, 2.75) is 45.8 Å². The van der Waals surface area contributed by atoms with Crippen LogP contribution in [-0.2, 0) is 0 Å². The Labute approximate surface area is 107 Å². The first-order valence-corrected chi connectivity index (χ1v) is 6.28. The summed E-state index contributed by atoms with van der Waals surface area (Å²) in [6, 6.07) is 0. The fourth-order valence-corrected chi connectivity index (χ4v) is 2.35. The van der Waals surface area contributed by atoms with Crippen molar-refractivity contribution in [1.82, 2.24) is 9.97 Å². The van der Waals surface area contributed by atoms with Gasteiger partial charge in [-0.15, -0.1) is 0 Å². The van der Waals surface area contributed by atoms with E-state index in [0.29, 0.717) is 24.5 Å². The molecule has 1 aromatic rings. The molecule has 1 aliphatic rings. The molecular formula is C13H20N2O3. The molecule has 2 N–H and O–H groups in total. The highest BCUT2D eigenvalue weighted by Gasteiger charge is 2.34. The zero-order valence-corrected chi connectivity index (χ0v) is 11.1. The van der Waals surface area contributed by atoms with Crippen LogP contribution >= 0.6 is 0 Å². The van der Waals surface area contributed by atoms with E-state index in [0.717, 1.165) is 11.3 Å². The first-order chi connectivity index (χ1) is 8.51. The molecule has 1 aliphatic carbocycles. The lowest BCUT2D eigenvalue weighted by molar-refractivity contribution is 0.0896.